The zero-order valence-electron chi connectivity index (χ0n) is 34.8. The van der Waals surface area contributed by atoms with Gasteiger partial charge in [0, 0.05) is 10.8 Å². The van der Waals surface area contributed by atoms with Gasteiger partial charge in [-0.15, -0.1) is 0 Å². The number of carboxylic acid groups (broad SMARTS) is 2. The second-order valence-corrected chi connectivity index (χ2v) is 15.3. The summed E-state index contributed by atoms with van der Waals surface area (Å²) >= 11 is 0. The predicted molar refractivity (Wildman–Crippen MR) is 245 cm³/mol. The van der Waals surface area contributed by atoms with E-state index in [0.29, 0.717) is 0 Å². The van der Waals surface area contributed by atoms with E-state index < -0.39 is 69.3 Å². The lowest BCUT2D eigenvalue weighted by molar-refractivity contribution is 0.0686. The van der Waals surface area contributed by atoms with E-state index in [1.807, 2.05) is 0 Å². The Morgan fingerprint density at radius 1 is 0.368 bits per heavy atom. The molecule has 0 saturated carbocycles. The summed E-state index contributed by atoms with van der Waals surface area (Å²) in [5, 5.41) is 64.3. The van der Waals surface area contributed by atoms with Crippen molar-refractivity contribution in [1.29, 1.82) is 0 Å². The number of aromatic carboxylic acids is 2. The highest BCUT2D eigenvalue weighted by atomic mass is 16.4. The standard InChI is InChI=1S/2C26H16O8/c2*27-21-17-10-3-4-11-18(17)33-26(32)20(21)19(13-6-5-7-14(12-13)24(29)30)23-22(28)15-8-1-2-9-16(15)25(31)34-23/h2*1-12,19,27-28H,(H,29,30). The lowest BCUT2D eigenvalue weighted by atomic mass is 9.86. The Labute approximate surface area is 379 Å². The van der Waals surface area contributed by atoms with Gasteiger partial charge in [0.05, 0.1) is 55.6 Å². The van der Waals surface area contributed by atoms with E-state index in [4.69, 9.17) is 17.7 Å². The highest BCUT2D eigenvalue weighted by Gasteiger charge is 2.34. The second kappa shape index (κ2) is 17.4. The van der Waals surface area contributed by atoms with Crippen molar-refractivity contribution < 1.29 is 57.9 Å². The maximum absolute atomic E-state index is 13.1. The van der Waals surface area contributed by atoms with E-state index in [9.17, 15) is 59.4 Å². The molecule has 0 amide bonds. The van der Waals surface area contributed by atoms with Gasteiger partial charge in [0.15, 0.2) is 23.0 Å². The molecule has 0 spiro atoms. The number of hydrogen-bond donors (Lipinski definition) is 6. The first-order valence-corrected chi connectivity index (χ1v) is 20.4. The maximum atomic E-state index is 13.1. The Bertz CT molecular complexity index is 3680. The van der Waals surface area contributed by atoms with E-state index in [1.165, 1.54) is 97.1 Å². The third-order valence-corrected chi connectivity index (χ3v) is 11.4. The molecule has 0 aliphatic carbocycles. The monoisotopic (exact) mass is 912 g/mol. The van der Waals surface area contributed by atoms with Gasteiger partial charge in [-0.3, -0.25) is 0 Å². The van der Waals surface area contributed by atoms with Gasteiger partial charge >= 0.3 is 34.4 Å². The molecule has 0 bridgehead atoms. The molecule has 4 aromatic heterocycles. The fourth-order valence-electron chi connectivity index (χ4n) is 8.20. The van der Waals surface area contributed by atoms with Crippen LogP contribution in [0.5, 0.6) is 23.0 Å². The van der Waals surface area contributed by atoms with E-state index in [2.05, 4.69) is 0 Å². The summed E-state index contributed by atoms with van der Waals surface area (Å²) in [4.78, 5) is 74.8. The summed E-state index contributed by atoms with van der Waals surface area (Å²) in [7, 11) is 0. The van der Waals surface area contributed by atoms with Crippen LogP contribution in [0.15, 0.2) is 182 Å². The van der Waals surface area contributed by atoms with Gasteiger partial charge in [0.1, 0.15) is 22.7 Å². The first-order chi connectivity index (χ1) is 32.7. The maximum Gasteiger partial charge on any atom is 0.344 e. The van der Waals surface area contributed by atoms with Crippen molar-refractivity contribution in [1.82, 2.24) is 0 Å². The molecule has 4 heterocycles. The van der Waals surface area contributed by atoms with Crippen LogP contribution in [0.4, 0.5) is 0 Å². The number of carboxylic acids is 2. The number of aromatic hydroxyl groups is 4. The molecule has 2 unspecified atom stereocenters. The first-order valence-electron chi connectivity index (χ1n) is 20.4. The van der Waals surface area contributed by atoms with Crippen molar-refractivity contribution in [3.63, 3.8) is 0 Å². The minimum Gasteiger partial charge on any atom is -0.507 e. The van der Waals surface area contributed by atoms with Crippen LogP contribution in [0.25, 0.3) is 43.5 Å². The summed E-state index contributed by atoms with van der Waals surface area (Å²) in [6.07, 6.45) is 0. The zero-order chi connectivity index (χ0) is 48.0. The van der Waals surface area contributed by atoms with Crippen molar-refractivity contribution in [3.05, 3.63) is 232 Å². The summed E-state index contributed by atoms with van der Waals surface area (Å²) < 4.78 is 21.7. The molecule has 6 aromatic carbocycles. The number of rotatable bonds is 8. The fourth-order valence-corrected chi connectivity index (χ4v) is 8.20. The normalized spacial score (nSPS) is 12.1. The molecule has 0 saturated heterocycles. The van der Waals surface area contributed by atoms with Gasteiger partial charge in [-0.2, -0.15) is 0 Å². The zero-order valence-corrected chi connectivity index (χ0v) is 34.8. The Hall–Kier alpha value is -9.70. The highest BCUT2D eigenvalue weighted by molar-refractivity contribution is 5.92. The molecular formula is C52H32O16. The van der Waals surface area contributed by atoms with Gasteiger partial charge < -0.3 is 48.3 Å². The van der Waals surface area contributed by atoms with Crippen LogP contribution >= 0.6 is 0 Å². The minimum atomic E-state index is -1.35. The number of hydrogen-bond acceptors (Lipinski definition) is 14. The summed E-state index contributed by atoms with van der Waals surface area (Å²) in [5.41, 5.74) is -3.59. The number of carbonyl (C=O) groups is 2. The average molecular weight is 913 g/mol. The third kappa shape index (κ3) is 7.62. The Kier molecular flexibility index (Phi) is 11.1. The number of fused-ring (bicyclic) bond motifs is 4. The molecule has 10 aromatic rings. The smallest absolute Gasteiger partial charge is 0.344 e. The molecule has 68 heavy (non-hydrogen) atoms. The molecule has 2 atom stereocenters. The third-order valence-electron chi connectivity index (χ3n) is 11.4. The van der Waals surface area contributed by atoms with Crippen LogP contribution in [-0.4, -0.2) is 42.6 Å². The average Bonchev–Trinajstić information content (AvgIpc) is 3.34. The molecule has 336 valence electrons. The van der Waals surface area contributed by atoms with Crippen LogP contribution in [-0.2, 0) is 0 Å². The minimum absolute atomic E-state index is 0.102. The molecular weight excluding hydrogens is 881 g/mol. The van der Waals surface area contributed by atoms with Crippen LogP contribution < -0.4 is 22.5 Å². The highest BCUT2D eigenvalue weighted by Crippen LogP contribution is 2.44. The van der Waals surface area contributed by atoms with Gasteiger partial charge in [-0.05, 0) is 71.8 Å². The number of benzene rings is 6. The Balaban J connectivity index is 0.000000170. The van der Waals surface area contributed by atoms with Crippen LogP contribution in [0.2, 0.25) is 0 Å². The molecule has 0 aliphatic rings. The summed E-state index contributed by atoms with van der Waals surface area (Å²) in [5.74, 6) is -7.52. The van der Waals surface area contributed by atoms with E-state index in [1.54, 1.807) is 48.5 Å². The molecule has 16 heteroatoms. The lowest BCUT2D eigenvalue weighted by Crippen LogP contribution is -2.17. The fraction of sp³-hybridized carbons (Fsp3) is 0.0385. The quantitative estimate of drug-likeness (QED) is 0.0781. The number of para-hydroxylation sites is 2. The van der Waals surface area contributed by atoms with Crippen molar-refractivity contribution in [3.8, 4) is 23.0 Å². The molecule has 6 N–H and O–H groups in total. The SMILES string of the molecule is O=C(O)c1cccc(C(c2oc(=O)c3ccccc3c2O)c2c(O)c3ccccc3oc2=O)c1.O=C(O)c1cccc(C(c2oc(=O)c3ccccc3c2O)c2c(O)c3ccccc3oc2=O)c1. The topological polar surface area (TPSA) is 276 Å². The van der Waals surface area contributed by atoms with Crippen molar-refractivity contribution in [2.75, 3.05) is 0 Å². The van der Waals surface area contributed by atoms with Gasteiger partial charge in [-0.1, -0.05) is 84.9 Å². The predicted octanol–water partition coefficient (Wildman–Crippen LogP) is 8.38. The molecule has 16 nitrogen and oxygen atoms in total. The largest absolute Gasteiger partial charge is 0.507 e. The molecule has 0 aliphatic heterocycles. The van der Waals surface area contributed by atoms with Gasteiger partial charge in [-0.25, -0.2) is 28.8 Å². The Morgan fingerprint density at radius 2 is 0.706 bits per heavy atom. The van der Waals surface area contributed by atoms with Gasteiger partial charge in [0.2, 0.25) is 0 Å². The van der Waals surface area contributed by atoms with Crippen molar-refractivity contribution >= 4 is 55.4 Å². The Morgan fingerprint density at radius 3 is 1.07 bits per heavy atom. The van der Waals surface area contributed by atoms with E-state index in [-0.39, 0.29) is 88.4 Å². The van der Waals surface area contributed by atoms with Crippen molar-refractivity contribution in [2.45, 2.75) is 11.8 Å². The second-order valence-electron chi connectivity index (χ2n) is 15.3. The van der Waals surface area contributed by atoms with Crippen LogP contribution in [0, 0.1) is 0 Å². The first kappa shape index (κ1) is 43.5. The van der Waals surface area contributed by atoms with E-state index >= 15 is 0 Å². The van der Waals surface area contributed by atoms with Gasteiger partial charge in [0.25, 0.3) is 0 Å². The lowest BCUT2D eigenvalue weighted by Gasteiger charge is -2.19. The summed E-state index contributed by atoms with van der Waals surface area (Å²) in [6, 6.07) is 36.2. The van der Waals surface area contributed by atoms with Crippen LogP contribution in [0.1, 0.15) is 66.3 Å². The van der Waals surface area contributed by atoms with Crippen molar-refractivity contribution in [2.24, 2.45) is 0 Å². The van der Waals surface area contributed by atoms with E-state index in [0.717, 1.165) is 0 Å². The summed E-state index contributed by atoms with van der Waals surface area (Å²) in [6.45, 7) is 0. The van der Waals surface area contributed by atoms with Crippen LogP contribution in [0.3, 0.4) is 0 Å². The molecule has 0 fully saturated rings. The molecule has 10 rings (SSSR count). The molecule has 0 radical (unpaired) electrons.